The standard InChI is InChI=1S/C13H17NO6S/c15-8-5-13(18)11-1-3-12(4-2-11)21(19,20)14(6-9-16)7-10-17/h1-4,8,16-17H,5-7,9-10H2. The van der Waals surface area contributed by atoms with Crippen molar-refractivity contribution in [2.45, 2.75) is 11.3 Å². The van der Waals surface area contributed by atoms with Gasteiger partial charge in [0.15, 0.2) is 5.78 Å². The second kappa shape index (κ2) is 7.99. The maximum atomic E-state index is 12.3. The molecule has 0 atom stereocenters. The summed E-state index contributed by atoms with van der Waals surface area (Å²) in [6.07, 6.45) is 0.227. The summed E-state index contributed by atoms with van der Waals surface area (Å²) in [7, 11) is -3.85. The van der Waals surface area contributed by atoms with Gasteiger partial charge in [-0.25, -0.2) is 8.42 Å². The van der Waals surface area contributed by atoms with Crippen LogP contribution >= 0.6 is 0 Å². The minimum atomic E-state index is -3.85. The number of sulfonamides is 1. The minimum Gasteiger partial charge on any atom is -0.395 e. The first-order chi connectivity index (χ1) is 9.97. The molecule has 21 heavy (non-hydrogen) atoms. The summed E-state index contributed by atoms with van der Waals surface area (Å²) in [5, 5.41) is 17.8. The van der Waals surface area contributed by atoms with E-state index in [1.807, 2.05) is 0 Å². The van der Waals surface area contributed by atoms with Gasteiger partial charge in [0.2, 0.25) is 10.0 Å². The van der Waals surface area contributed by atoms with Crippen LogP contribution in [-0.4, -0.2) is 61.3 Å². The van der Waals surface area contributed by atoms with E-state index in [4.69, 9.17) is 10.2 Å². The van der Waals surface area contributed by atoms with Crippen molar-refractivity contribution < 1.29 is 28.2 Å². The number of hydrogen-bond acceptors (Lipinski definition) is 6. The summed E-state index contributed by atoms with van der Waals surface area (Å²) in [5.41, 5.74) is 0.247. The van der Waals surface area contributed by atoms with Crippen molar-refractivity contribution >= 4 is 22.1 Å². The molecular formula is C13H17NO6S. The summed E-state index contributed by atoms with van der Waals surface area (Å²) in [4.78, 5) is 21.7. The van der Waals surface area contributed by atoms with E-state index in [9.17, 15) is 18.0 Å². The molecule has 0 heterocycles. The van der Waals surface area contributed by atoms with Crippen molar-refractivity contribution in [2.24, 2.45) is 0 Å². The van der Waals surface area contributed by atoms with Gasteiger partial charge in [-0.05, 0) is 12.1 Å². The highest BCUT2D eigenvalue weighted by atomic mass is 32.2. The van der Waals surface area contributed by atoms with Gasteiger partial charge in [-0.15, -0.1) is 0 Å². The second-order valence-corrected chi connectivity index (χ2v) is 6.11. The number of aliphatic hydroxyl groups excluding tert-OH is 2. The van der Waals surface area contributed by atoms with Crippen LogP contribution in [0.1, 0.15) is 16.8 Å². The molecule has 0 spiro atoms. The molecule has 0 aliphatic rings. The number of benzene rings is 1. The molecule has 0 saturated heterocycles. The molecule has 116 valence electrons. The Hall–Kier alpha value is -1.61. The molecule has 0 aliphatic carbocycles. The Bertz CT molecular complexity index is 575. The third-order valence-corrected chi connectivity index (χ3v) is 4.69. The first-order valence-electron chi connectivity index (χ1n) is 6.26. The van der Waals surface area contributed by atoms with Gasteiger partial charge >= 0.3 is 0 Å². The average molecular weight is 315 g/mol. The fourth-order valence-corrected chi connectivity index (χ4v) is 3.15. The molecule has 0 unspecified atom stereocenters. The van der Waals surface area contributed by atoms with Gasteiger partial charge in [-0.1, -0.05) is 12.1 Å². The van der Waals surface area contributed by atoms with Crippen molar-refractivity contribution in [3.63, 3.8) is 0 Å². The van der Waals surface area contributed by atoms with Crippen molar-refractivity contribution in [3.8, 4) is 0 Å². The van der Waals surface area contributed by atoms with Crippen LogP contribution in [0.15, 0.2) is 29.2 Å². The largest absolute Gasteiger partial charge is 0.395 e. The van der Waals surface area contributed by atoms with Crippen molar-refractivity contribution in [1.82, 2.24) is 4.31 Å². The maximum absolute atomic E-state index is 12.3. The lowest BCUT2D eigenvalue weighted by Gasteiger charge is -2.20. The highest BCUT2D eigenvalue weighted by Gasteiger charge is 2.23. The van der Waals surface area contributed by atoms with Crippen molar-refractivity contribution in [3.05, 3.63) is 29.8 Å². The van der Waals surface area contributed by atoms with Gasteiger partial charge in [0.1, 0.15) is 6.29 Å². The smallest absolute Gasteiger partial charge is 0.243 e. The van der Waals surface area contributed by atoms with Crippen LogP contribution in [0.3, 0.4) is 0 Å². The highest BCUT2D eigenvalue weighted by Crippen LogP contribution is 2.16. The van der Waals surface area contributed by atoms with Crippen molar-refractivity contribution in [1.29, 1.82) is 0 Å². The predicted octanol–water partition coefficient (Wildman–Crippen LogP) is -0.566. The quantitative estimate of drug-likeness (QED) is 0.359. The molecule has 0 radical (unpaired) electrons. The van der Waals surface area contributed by atoms with E-state index in [1.54, 1.807) is 0 Å². The fraction of sp³-hybridized carbons (Fsp3) is 0.385. The van der Waals surface area contributed by atoms with E-state index in [2.05, 4.69) is 0 Å². The Morgan fingerprint density at radius 1 is 1.10 bits per heavy atom. The monoisotopic (exact) mass is 315 g/mol. The van der Waals surface area contributed by atoms with Crippen LogP contribution in [0.2, 0.25) is 0 Å². The number of carbonyl (C=O) groups is 2. The van der Waals surface area contributed by atoms with Crippen LogP contribution in [0, 0.1) is 0 Å². The van der Waals surface area contributed by atoms with Crippen LogP contribution in [0.5, 0.6) is 0 Å². The normalized spacial score (nSPS) is 11.6. The van der Waals surface area contributed by atoms with E-state index in [-0.39, 0.29) is 43.2 Å². The van der Waals surface area contributed by atoms with Gasteiger partial charge in [-0.2, -0.15) is 4.31 Å². The topological polar surface area (TPSA) is 112 Å². The molecule has 8 heteroatoms. The highest BCUT2D eigenvalue weighted by molar-refractivity contribution is 7.89. The molecule has 1 aromatic rings. The van der Waals surface area contributed by atoms with Gasteiger partial charge in [0.05, 0.1) is 24.5 Å². The van der Waals surface area contributed by atoms with E-state index < -0.39 is 15.8 Å². The summed E-state index contributed by atoms with van der Waals surface area (Å²) in [6, 6.07) is 5.17. The summed E-state index contributed by atoms with van der Waals surface area (Å²) >= 11 is 0. The Labute approximate surface area is 122 Å². The predicted molar refractivity (Wildman–Crippen MR) is 74.4 cm³/mol. The Morgan fingerprint density at radius 2 is 1.62 bits per heavy atom. The molecule has 0 aliphatic heterocycles. The lowest BCUT2D eigenvalue weighted by molar-refractivity contribution is -0.107. The molecule has 1 aromatic carbocycles. The molecular weight excluding hydrogens is 298 g/mol. The molecule has 7 nitrogen and oxygen atoms in total. The van der Waals surface area contributed by atoms with Gasteiger partial charge in [0.25, 0.3) is 0 Å². The average Bonchev–Trinajstić information content (AvgIpc) is 2.47. The van der Waals surface area contributed by atoms with Crippen LogP contribution in [-0.2, 0) is 14.8 Å². The molecule has 1 rings (SSSR count). The first kappa shape index (κ1) is 17.4. The van der Waals surface area contributed by atoms with E-state index in [0.29, 0.717) is 6.29 Å². The second-order valence-electron chi connectivity index (χ2n) is 4.17. The number of carbonyl (C=O) groups excluding carboxylic acids is 2. The fourth-order valence-electron chi connectivity index (χ4n) is 1.73. The number of nitrogens with zero attached hydrogens (tertiary/aromatic N) is 1. The number of aldehydes is 1. The first-order valence-corrected chi connectivity index (χ1v) is 7.70. The summed E-state index contributed by atoms with van der Waals surface area (Å²) in [5.74, 6) is -0.392. The van der Waals surface area contributed by atoms with E-state index in [0.717, 1.165) is 4.31 Å². The molecule has 0 saturated carbocycles. The van der Waals surface area contributed by atoms with Gasteiger partial charge in [-0.3, -0.25) is 4.79 Å². The number of rotatable bonds is 9. The molecule has 2 N–H and O–H groups in total. The Balaban J connectivity index is 3.03. The third-order valence-electron chi connectivity index (χ3n) is 2.78. The Morgan fingerprint density at radius 3 is 2.05 bits per heavy atom. The number of hydrogen-bond donors (Lipinski definition) is 2. The number of ketones is 1. The molecule has 0 fully saturated rings. The zero-order chi connectivity index (χ0) is 15.9. The summed E-state index contributed by atoms with van der Waals surface area (Å²) in [6.45, 7) is -0.992. The van der Waals surface area contributed by atoms with E-state index in [1.165, 1.54) is 24.3 Å². The number of aliphatic hydroxyl groups is 2. The molecule has 0 amide bonds. The molecule has 0 bridgehead atoms. The Kier molecular flexibility index (Phi) is 6.63. The van der Waals surface area contributed by atoms with Crippen LogP contribution in [0.25, 0.3) is 0 Å². The van der Waals surface area contributed by atoms with Crippen molar-refractivity contribution in [2.75, 3.05) is 26.3 Å². The van der Waals surface area contributed by atoms with Crippen LogP contribution in [0.4, 0.5) is 0 Å². The van der Waals surface area contributed by atoms with Crippen LogP contribution < -0.4 is 0 Å². The zero-order valence-corrected chi connectivity index (χ0v) is 12.1. The lowest BCUT2D eigenvalue weighted by atomic mass is 10.1. The maximum Gasteiger partial charge on any atom is 0.243 e. The van der Waals surface area contributed by atoms with E-state index >= 15 is 0 Å². The van der Waals surface area contributed by atoms with Gasteiger partial charge in [0, 0.05) is 18.7 Å². The van der Waals surface area contributed by atoms with Gasteiger partial charge < -0.3 is 15.0 Å². The minimum absolute atomic E-state index is 0.0490. The third kappa shape index (κ3) is 4.43. The number of Topliss-reactive ketones (excluding diaryl/α,β-unsaturated/α-hetero) is 1. The lowest BCUT2D eigenvalue weighted by Crippen LogP contribution is -2.35. The zero-order valence-electron chi connectivity index (χ0n) is 11.3. The summed E-state index contributed by atoms with van der Waals surface area (Å²) < 4.78 is 25.5. The SMILES string of the molecule is O=CCC(=O)c1ccc(S(=O)(=O)N(CCO)CCO)cc1. The molecule has 0 aromatic heterocycles.